The van der Waals surface area contributed by atoms with Crippen molar-refractivity contribution >= 4 is 25.3 Å². The predicted octanol–water partition coefficient (Wildman–Crippen LogP) is 4.15. The minimum absolute atomic E-state index is 0. The molecule has 1 unspecified atom stereocenters. The van der Waals surface area contributed by atoms with E-state index < -0.39 is 0 Å². The van der Waals surface area contributed by atoms with E-state index in [1.807, 2.05) is 0 Å². The summed E-state index contributed by atoms with van der Waals surface area (Å²) in [6.45, 7) is 17.9. The molecule has 0 nitrogen and oxygen atoms in total. The summed E-state index contributed by atoms with van der Waals surface area (Å²) in [5.41, 5.74) is 6.24. The van der Waals surface area contributed by atoms with Crippen molar-refractivity contribution in [2.45, 2.75) is 67.2 Å². The molecule has 0 saturated heterocycles. The largest absolute Gasteiger partial charge is 1.00 e. The van der Waals surface area contributed by atoms with Crippen LogP contribution in [0.15, 0.2) is 96.1 Å². The number of halogens is 2. The van der Waals surface area contributed by atoms with E-state index in [4.69, 9.17) is 0 Å². The second kappa shape index (κ2) is 15.4. The Labute approximate surface area is 264 Å². The van der Waals surface area contributed by atoms with Crippen LogP contribution in [0, 0.1) is 17.4 Å². The first-order valence-corrected chi connectivity index (χ1v) is 14.8. The maximum absolute atomic E-state index is 3.48. The van der Waals surface area contributed by atoms with Gasteiger partial charge in [0.2, 0.25) is 0 Å². The minimum atomic E-state index is 0. The van der Waals surface area contributed by atoms with Gasteiger partial charge in [-0.25, -0.2) is 5.57 Å². The molecule has 0 spiro atoms. The van der Waals surface area contributed by atoms with Crippen molar-refractivity contribution < 1.29 is 49.0 Å². The molecule has 1 aliphatic carbocycles. The molecule has 206 valence electrons. The molecule has 0 saturated carbocycles. The summed E-state index contributed by atoms with van der Waals surface area (Å²) in [6, 6.07) is 28.1. The third-order valence-corrected chi connectivity index (χ3v) is 7.59. The molecule has 0 fully saturated rings. The first-order chi connectivity index (χ1) is 17.4. The second-order valence-corrected chi connectivity index (χ2v) is 12.6. The van der Waals surface area contributed by atoms with E-state index in [1.54, 1.807) is 0 Å². The Bertz CT molecular complexity index is 1340. The molecule has 4 aromatic carbocycles. The Hall–Kier alpha value is -1.66. The monoisotopic (exact) mass is 634 g/mol. The molecule has 0 aliphatic heterocycles. The van der Waals surface area contributed by atoms with Gasteiger partial charge < -0.3 is 24.8 Å². The van der Waals surface area contributed by atoms with Gasteiger partial charge in [0.05, 0.1) is 0 Å². The Morgan fingerprint density at radius 1 is 0.769 bits per heavy atom. The van der Waals surface area contributed by atoms with Crippen molar-refractivity contribution in [1.29, 1.82) is 0 Å². The molecule has 3 heteroatoms. The quantitative estimate of drug-likeness (QED) is 0.290. The van der Waals surface area contributed by atoms with Crippen molar-refractivity contribution in [1.82, 2.24) is 0 Å². The van der Waals surface area contributed by atoms with Crippen LogP contribution in [-0.4, -0.2) is 3.71 Å². The normalized spacial score (nSPS) is 14.6. The van der Waals surface area contributed by atoms with E-state index in [2.05, 4.69) is 150 Å². The number of allylic oxidation sites excluding steroid dienone is 4. The predicted molar refractivity (Wildman–Crippen MR) is 161 cm³/mol. The first-order valence-electron chi connectivity index (χ1n) is 13.4. The summed E-state index contributed by atoms with van der Waals surface area (Å²) in [6.07, 6.45) is 6.95. The molecule has 0 heterocycles. The van der Waals surface area contributed by atoms with Gasteiger partial charge in [-0.2, -0.15) is 11.6 Å². The number of fused-ring (bicyclic) bond motifs is 3. The Balaban J connectivity index is 0.000000286. The third kappa shape index (κ3) is 9.74. The molecule has 5 rings (SSSR count). The van der Waals surface area contributed by atoms with Crippen LogP contribution in [0.1, 0.15) is 72.9 Å². The van der Waals surface area contributed by atoms with Crippen LogP contribution in [0.4, 0.5) is 0 Å². The van der Waals surface area contributed by atoms with Crippen LogP contribution in [-0.2, 0) is 29.7 Å². The molecular weight excluding hydrogens is 595 g/mol. The standard InChI is InChI=1S/C13H9.C12H19.C11H14.2ClH.Zr/c1-3-7-12-10(5-1)9-11-6-2-4-8-13(11)12;1-6-10-7-9(2)8-11(10)12(3,4)5;1-9-5-7-10(8-6-9)11(2,3)4;;;/h1-9H;8-9H,6H2,1-5H3;1,5-8H,2-4H3;2*1H;/q2*-1;;;;+2/p-2. The summed E-state index contributed by atoms with van der Waals surface area (Å²) >= 11 is 1.46. The van der Waals surface area contributed by atoms with E-state index in [9.17, 15) is 0 Å². The minimum Gasteiger partial charge on any atom is -1.00 e. The van der Waals surface area contributed by atoms with E-state index in [1.165, 1.54) is 68.1 Å². The Kier molecular flexibility index (Phi) is 13.9. The zero-order valence-electron chi connectivity index (χ0n) is 24.7. The topological polar surface area (TPSA) is 0 Å². The average molecular weight is 637 g/mol. The molecule has 4 aromatic rings. The van der Waals surface area contributed by atoms with E-state index in [0.717, 1.165) is 6.42 Å². The molecular formula is C36H42Cl2Zr-2. The number of rotatable bonds is 2. The van der Waals surface area contributed by atoms with Crippen LogP contribution in [0.5, 0.6) is 0 Å². The molecule has 1 atom stereocenters. The summed E-state index contributed by atoms with van der Waals surface area (Å²) < 4.78 is 2.21. The van der Waals surface area contributed by atoms with Crippen LogP contribution >= 0.6 is 0 Å². The zero-order valence-corrected chi connectivity index (χ0v) is 28.7. The van der Waals surface area contributed by atoms with Gasteiger partial charge in [0, 0.05) is 0 Å². The zero-order chi connectivity index (χ0) is 27.2. The van der Waals surface area contributed by atoms with E-state index in [-0.39, 0.29) is 30.2 Å². The SMILES string of the molecule is CC(C)(C)c1ccc([CH]=[Zr+2])cc1.CCC1=[C-]C(C)C=C1C(C)(C)C.[Cl-].[Cl-].c1ccc2c(c1)[cH-]c1ccccc12. The maximum atomic E-state index is 3.48. The fourth-order valence-corrected chi connectivity index (χ4v) is 5.20. The summed E-state index contributed by atoms with van der Waals surface area (Å²) in [5.74, 6) is 0.522. The number of benzene rings is 3. The molecule has 0 N–H and O–H groups in total. The van der Waals surface area contributed by atoms with Gasteiger partial charge >= 0.3 is 89.5 Å². The molecule has 39 heavy (non-hydrogen) atoms. The van der Waals surface area contributed by atoms with E-state index >= 15 is 0 Å². The smallest absolute Gasteiger partial charge is 0.0642 e. The number of hydrogen-bond acceptors (Lipinski definition) is 0. The van der Waals surface area contributed by atoms with Gasteiger partial charge in [-0.1, -0.05) is 88.8 Å². The van der Waals surface area contributed by atoms with E-state index in [0.29, 0.717) is 11.3 Å². The van der Waals surface area contributed by atoms with Crippen LogP contribution < -0.4 is 24.8 Å². The second-order valence-electron chi connectivity index (χ2n) is 11.9. The molecule has 0 bridgehead atoms. The number of hydrogen-bond donors (Lipinski definition) is 0. The van der Waals surface area contributed by atoms with Crippen LogP contribution in [0.3, 0.4) is 0 Å². The summed E-state index contributed by atoms with van der Waals surface area (Å²) in [7, 11) is 0. The average Bonchev–Trinajstić information content (AvgIpc) is 3.44. The van der Waals surface area contributed by atoms with Gasteiger partial charge in [-0.05, 0) is 0 Å². The summed E-state index contributed by atoms with van der Waals surface area (Å²) in [5, 5.41) is 5.39. The Morgan fingerprint density at radius 2 is 1.26 bits per heavy atom. The molecule has 0 aromatic heterocycles. The van der Waals surface area contributed by atoms with Gasteiger partial charge in [-0.15, -0.1) is 39.7 Å². The van der Waals surface area contributed by atoms with Gasteiger partial charge in [0.1, 0.15) is 0 Å². The van der Waals surface area contributed by atoms with Gasteiger partial charge in [-0.3, -0.25) is 6.08 Å². The van der Waals surface area contributed by atoms with Crippen molar-refractivity contribution in [2.75, 3.05) is 0 Å². The van der Waals surface area contributed by atoms with Crippen molar-refractivity contribution in [3.8, 4) is 0 Å². The summed E-state index contributed by atoms with van der Waals surface area (Å²) in [4.78, 5) is 0. The van der Waals surface area contributed by atoms with Crippen molar-refractivity contribution in [2.24, 2.45) is 11.3 Å². The molecule has 1 aliphatic rings. The molecule has 0 radical (unpaired) electrons. The van der Waals surface area contributed by atoms with Gasteiger partial charge in [0.15, 0.2) is 0 Å². The Morgan fingerprint density at radius 3 is 1.64 bits per heavy atom. The van der Waals surface area contributed by atoms with Gasteiger partial charge in [0.25, 0.3) is 0 Å². The fraction of sp³-hybridized carbons (Fsp3) is 0.333. The fourth-order valence-electron chi connectivity index (χ4n) is 4.72. The first kappa shape index (κ1) is 35.4. The van der Waals surface area contributed by atoms with Crippen molar-refractivity contribution in [3.05, 3.63) is 113 Å². The third-order valence-electron chi connectivity index (χ3n) is 6.77. The van der Waals surface area contributed by atoms with Crippen LogP contribution in [0.25, 0.3) is 21.5 Å². The maximum Gasteiger partial charge on any atom is -0.0642 e. The van der Waals surface area contributed by atoms with Crippen molar-refractivity contribution in [3.63, 3.8) is 0 Å². The van der Waals surface area contributed by atoms with Crippen LogP contribution in [0.2, 0.25) is 0 Å². The molecule has 0 amide bonds.